The molecule has 2 aromatic rings. The Hall–Kier alpha value is -2.30. The van der Waals surface area contributed by atoms with E-state index in [4.69, 9.17) is 15.2 Å². The summed E-state index contributed by atoms with van der Waals surface area (Å²) < 4.78 is 24.4. The van der Waals surface area contributed by atoms with Crippen molar-refractivity contribution in [1.82, 2.24) is 4.98 Å². The van der Waals surface area contributed by atoms with Gasteiger partial charge in [-0.2, -0.15) is 4.98 Å². The Balaban J connectivity index is 2.08. The third kappa shape index (κ3) is 3.60. The second-order valence-electron chi connectivity index (χ2n) is 4.59. The molecule has 5 heteroatoms. The maximum atomic E-state index is 13.5. The minimum atomic E-state index is -0.304. The molecule has 4 nitrogen and oxygen atoms in total. The summed E-state index contributed by atoms with van der Waals surface area (Å²) in [5, 5.41) is 0. The van der Waals surface area contributed by atoms with Crippen LogP contribution < -0.4 is 15.2 Å². The van der Waals surface area contributed by atoms with Crippen LogP contribution in [0.3, 0.4) is 0 Å². The third-order valence-corrected chi connectivity index (χ3v) is 2.54. The van der Waals surface area contributed by atoms with Gasteiger partial charge in [-0.3, -0.25) is 0 Å². The van der Waals surface area contributed by atoms with Gasteiger partial charge in [0, 0.05) is 11.6 Å². The summed E-state index contributed by atoms with van der Waals surface area (Å²) in [5.41, 5.74) is 6.68. The molecule has 0 atom stereocenters. The zero-order chi connectivity index (χ0) is 14.5. The van der Waals surface area contributed by atoms with Crippen LogP contribution in [0.5, 0.6) is 11.8 Å². The summed E-state index contributed by atoms with van der Waals surface area (Å²) in [5.74, 6) is 0.366. The second-order valence-corrected chi connectivity index (χ2v) is 4.59. The van der Waals surface area contributed by atoms with E-state index < -0.39 is 0 Å². The number of anilines is 1. The van der Waals surface area contributed by atoms with E-state index >= 15 is 0 Å². The van der Waals surface area contributed by atoms with Crippen LogP contribution in [0.2, 0.25) is 0 Å². The molecule has 106 valence electrons. The molecule has 0 unspecified atom stereocenters. The number of hydrogen-bond acceptors (Lipinski definition) is 4. The number of halogens is 1. The molecule has 0 bridgehead atoms. The fourth-order valence-electron chi connectivity index (χ4n) is 1.60. The lowest BCUT2D eigenvalue weighted by Crippen LogP contribution is -2.09. The molecule has 0 radical (unpaired) electrons. The predicted octanol–water partition coefficient (Wildman–Crippen LogP) is 3.17. The first-order chi connectivity index (χ1) is 9.56. The lowest BCUT2D eigenvalue weighted by Gasteiger charge is -2.12. The fraction of sp³-hybridized carbons (Fsp3) is 0.267. The molecule has 20 heavy (non-hydrogen) atoms. The number of pyridine rings is 1. The molecule has 1 aromatic carbocycles. The van der Waals surface area contributed by atoms with Gasteiger partial charge in [0.2, 0.25) is 11.8 Å². The molecule has 0 amide bonds. The van der Waals surface area contributed by atoms with Gasteiger partial charge in [0.25, 0.3) is 0 Å². The number of rotatable bonds is 5. The predicted molar refractivity (Wildman–Crippen MR) is 75.1 cm³/mol. The molecular formula is C15H17FN2O2. The topological polar surface area (TPSA) is 57.4 Å². The SMILES string of the molecule is CC(C)Oc1nc(OCc2ccccc2F)ccc1N. The van der Waals surface area contributed by atoms with Crippen molar-refractivity contribution in [3.05, 3.63) is 47.8 Å². The van der Waals surface area contributed by atoms with Gasteiger partial charge in [0.15, 0.2) is 0 Å². The summed E-state index contributed by atoms with van der Waals surface area (Å²) in [6.07, 6.45) is -0.0355. The van der Waals surface area contributed by atoms with Crippen molar-refractivity contribution >= 4 is 5.69 Å². The number of ether oxygens (including phenoxy) is 2. The standard InChI is InChI=1S/C15H17FN2O2/c1-10(2)20-15-13(17)7-8-14(18-15)19-9-11-5-3-4-6-12(11)16/h3-8,10H,9,17H2,1-2H3. The Bertz CT molecular complexity index is 588. The summed E-state index contributed by atoms with van der Waals surface area (Å²) in [7, 11) is 0. The molecule has 2 N–H and O–H groups in total. The molecule has 0 aliphatic rings. The number of nitrogens with two attached hydrogens (primary N) is 1. The van der Waals surface area contributed by atoms with Gasteiger partial charge < -0.3 is 15.2 Å². The first-order valence-corrected chi connectivity index (χ1v) is 6.35. The highest BCUT2D eigenvalue weighted by Crippen LogP contribution is 2.23. The number of benzene rings is 1. The number of nitrogen functional groups attached to an aromatic ring is 1. The van der Waals surface area contributed by atoms with Gasteiger partial charge in [0.1, 0.15) is 12.4 Å². The number of aromatic nitrogens is 1. The number of hydrogen-bond donors (Lipinski definition) is 1. The lowest BCUT2D eigenvalue weighted by atomic mass is 10.2. The highest BCUT2D eigenvalue weighted by molar-refractivity contribution is 5.49. The van der Waals surface area contributed by atoms with E-state index in [9.17, 15) is 4.39 Å². The van der Waals surface area contributed by atoms with Gasteiger partial charge in [-0.15, -0.1) is 0 Å². The maximum Gasteiger partial charge on any atom is 0.240 e. The van der Waals surface area contributed by atoms with Crippen molar-refractivity contribution < 1.29 is 13.9 Å². The van der Waals surface area contributed by atoms with Gasteiger partial charge in [-0.1, -0.05) is 18.2 Å². The van der Waals surface area contributed by atoms with Crippen LogP contribution >= 0.6 is 0 Å². The van der Waals surface area contributed by atoms with Crippen molar-refractivity contribution in [3.63, 3.8) is 0 Å². The first kappa shape index (κ1) is 14.1. The van der Waals surface area contributed by atoms with Gasteiger partial charge >= 0.3 is 0 Å². The quantitative estimate of drug-likeness (QED) is 0.911. The van der Waals surface area contributed by atoms with Gasteiger partial charge in [-0.05, 0) is 26.0 Å². The summed E-state index contributed by atoms with van der Waals surface area (Å²) in [4.78, 5) is 4.17. The minimum absolute atomic E-state index is 0.0355. The van der Waals surface area contributed by atoms with Crippen LogP contribution in [0, 0.1) is 5.82 Å². The first-order valence-electron chi connectivity index (χ1n) is 6.35. The van der Waals surface area contributed by atoms with Crippen molar-refractivity contribution in [2.45, 2.75) is 26.6 Å². The summed E-state index contributed by atoms with van der Waals surface area (Å²) >= 11 is 0. The molecule has 2 rings (SSSR count). The van der Waals surface area contributed by atoms with Crippen LogP contribution in [-0.2, 0) is 6.61 Å². The Morgan fingerprint density at radius 3 is 2.65 bits per heavy atom. The fourth-order valence-corrected chi connectivity index (χ4v) is 1.60. The molecule has 1 aromatic heterocycles. The van der Waals surface area contributed by atoms with E-state index in [0.29, 0.717) is 23.0 Å². The van der Waals surface area contributed by atoms with Crippen molar-refractivity contribution in [1.29, 1.82) is 0 Å². The van der Waals surface area contributed by atoms with Crippen molar-refractivity contribution in [3.8, 4) is 11.8 Å². The van der Waals surface area contributed by atoms with E-state index in [1.165, 1.54) is 6.07 Å². The molecule has 0 saturated carbocycles. The third-order valence-electron chi connectivity index (χ3n) is 2.54. The molecule has 1 heterocycles. The Labute approximate surface area is 117 Å². The van der Waals surface area contributed by atoms with Gasteiger partial charge in [-0.25, -0.2) is 4.39 Å². The maximum absolute atomic E-state index is 13.5. The monoisotopic (exact) mass is 276 g/mol. The van der Waals surface area contributed by atoms with Crippen LogP contribution in [0.15, 0.2) is 36.4 Å². The molecule has 0 aliphatic heterocycles. The van der Waals surface area contributed by atoms with Crippen LogP contribution in [0.1, 0.15) is 19.4 Å². The van der Waals surface area contributed by atoms with Crippen LogP contribution in [0.4, 0.5) is 10.1 Å². The second kappa shape index (κ2) is 6.23. The van der Waals surface area contributed by atoms with Crippen LogP contribution in [-0.4, -0.2) is 11.1 Å². The Morgan fingerprint density at radius 2 is 1.95 bits per heavy atom. The van der Waals surface area contributed by atoms with E-state index in [1.54, 1.807) is 30.3 Å². The van der Waals surface area contributed by atoms with Crippen molar-refractivity contribution in [2.75, 3.05) is 5.73 Å². The largest absolute Gasteiger partial charge is 0.473 e. The van der Waals surface area contributed by atoms with E-state index in [2.05, 4.69) is 4.98 Å². The van der Waals surface area contributed by atoms with E-state index in [-0.39, 0.29) is 18.5 Å². The normalized spacial score (nSPS) is 10.6. The molecule has 0 aliphatic carbocycles. The van der Waals surface area contributed by atoms with E-state index in [0.717, 1.165) is 0 Å². The lowest BCUT2D eigenvalue weighted by molar-refractivity contribution is 0.226. The molecule has 0 fully saturated rings. The minimum Gasteiger partial charge on any atom is -0.473 e. The summed E-state index contributed by atoms with van der Waals surface area (Å²) in [6, 6.07) is 9.73. The number of nitrogens with zero attached hydrogens (tertiary/aromatic N) is 1. The molecule has 0 spiro atoms. The summed E-state index contributed by atoms with van der Waals surface area (Å²) in [6.45, 7) is 3.87. The zero-order valence-corrected chi connectivity index (χ0v) is 11.5. The average Bonchev–Trinajstić information content (AvgIpc) is 2.40. The molecular weight excluding hydrogens is 259 g/mol. The van der Waals surface area contributed by atoms with Crippen molar-refractivity contribution in [2.24, 2.45) is 0 Å². The van der Waals surface area contributed by atoms with E-state index in [1.807, 2.05) is 13.8 Å². The Kier molecular flexibility index (Phi) is 4.40. The average molecular weight is 276 g/mol. The highest BCUT2D eigenvalue weighted by atomic mass is 19.1. The highest BCUT2D eigenvalue weighted by Gasteiger charge is 2.08. The Morgan fingerprint density at radius 1 is 1.20 bits per heavy atom. The van der Waals surface area contributed by atoms with Crippen LogP contribution in [0.25, 0.3) is 0 Å². The smallest absolute Gasteiger partial charge is 0.240 e. The van der Waals surface area contributed by atoms with Gasteiger partial charge in [0.05, 0.1) is 11.8 Å². The zero-order valence-electron chi connectivity index (χ0n) is 11.5. The molecule has 0 saturated heterocycles.